The molecule has 15 heteroatoms. The van der Waals surface area contributed by atoms with Gasteiger partial charge < -0.3 is 49.0 Å². The third-order valence-electron chi connectivity index (χ3n) is 8.96. The zero-order valence-electron chi connectivity index (χ0n) is 24.2. The zero-order chi connectivity index (χ0) is 32.1. The number of aliphatic hydroxyl groups is 2. The Morgan fingerprint density at radius 2 is 1.82 bits per heavy atom. The molecule has 1 spiro atoms. The van der Waals surface area contributed by atoms with Crippen molar-refractivity contribution in [3.05, 3.63) is 35.1 Å². The Kier molecular flexibility index (Phi) is 8.07. The molecule has 0 unspecified atom stereocenters. The Balaban J connectivity index is 1.41. The number of hydrogen-bond donors (Lipinski definition) is 4. The molecule has 4 aliphatic rings. The largest absolute Gasteiger partial charge is 0.493 e. The predicted octanol–water partition coefficient (Wildman–Crippen LogP) is -0.330. The monoisotopic (exact) mass is 619 g/mol. The summed E-state index contributed by atoms with van der Waals surface area (Å²) in [5, 5.41) is 39.7. The van der Waals surface area contributed by atoms with Gasteiger partial charge in [0.25, 0.3) is 0 Å². The highest BCUT2D eigenvalue weighted by Gasteiger charge is 2.72. The number of carboxylic acid groups (broad SMARTS) is 2. The molecular formula is C29H33NO14. The minimum Gasteiger partial charge on any atom is -0.493 e. The van der Waals surface area contributed by atoms with Crippen LogP contribution < -0.4 is 9.47 Å². The van der Waals surface area contributed by atoms with Crippen molar-refractivity contribution in [1.29, 1.82) is 0 Å². The van der Waals surface area contributed by atoms with Crippen LogP contribution in [-0.2, 0) is 50.0 Å². The van der Waals surface area contributed by atoms with Gasteiger partial charge in [0.15, 0.2) is 29.8 Å². The zero-order valence-corrected chi connectivity index (χ0v) is 24.2. The number of carboxylic acids is 2. The number of carbonyl (C=O) groups is 5. The lowest BCUT2D eigenvalue weighted by molar-refractivity contribution is -0.180. The van der Waals surface area contributed by atoms with Gasteiger partial charge in [-0.1, -0.05) is 6.07 Å². The smallest absolute Gasteiger partial charge is 0.348 e. The summed E-state index contributed by atoms with van der Waals surface area (Å²) in [5.74, 6) is -6.12. The van der Waals surface area contributed by atoms with Gasteiger partial charge in [-0.15, -0.1) is 0 Å². The predicted molar refractivity (Wildman–Crippen MR) is 144 cm³/mol. The maximum Gasteiger partial charge on any atom is 0.348 e. The van der Waals surface area contributed by atoms with E-state index >= 15 is 0 Å². The number of likely N-dealkylation sites (tertiary alicyclic amines) is 1. The second-order valence-electron chi connectivity index (χ2n) is 11.4. The second kappa shape index (κ2) is 11.4. The first kappa shape index (κ1) is 31.2. The first-order valence-electron chi connectivity index (χ1n) is 14.0. The lowest BCUT2D eigenvalue weighted by atomic mass is 9.50. The summed E-state index contributed by atoms with van der Waals surface area (Å²) in [6.07, 6.45) is -6.07. The number of methoxy groups -OCH3 is 1. The fraction of sp³-hybridized carbons (Fsp3) is 0.552. The second-order valence-corrected chi connectivity index (χ2v) is 11.4. The summed E-state index contributed by atoms with van der Waals surface area (Å²) in [4.78, 5) is 62.4. The molecule has 2 heterocycles. The first-order chi connectivity index (χ1) is 20.7. The van der Waals surface area contributed by atoms with Gasteiger partial charge in [-0.05, 0) is 51.1 Å². The van der Waals surface area contributed by atoms with E-state index in [0.29, 0.717) is 30.9 Å². The minimum absolute atomic E-state index is 0.0627. The molecule has 0 aromatic heterocycles. The molecule has 0 radical (unpaired) electrons. The van der Waals surface area contributed by atoms with Gasteiger partial charge >= 0.3 is 29.8 Å². The van der Waals surface area contributed by atoms with Crippen molar-refractivity contribution in [2.45, 2.75) is 80.5 Å². The fourth-order valence-corrected chi connectivity index (χ4v) is 6.84. The van der Waals surface area contributed by atoms with Gasteiger partial charge in [-0.2, -0.15) is 0 Å². The molecule has 2 aliphatic heterocycles. The van der Waals surface area contributed by atoms with Crippen molar-refractivity contribution in [3.8, 4) is 11.5 Å². The number of benzene rings is 1. The lowest BCUT2D eigenvalue weighted by Crippen LogP contribution is -2.74. The average Bonchev–Trinajstić information content (AvgIpc) is 3.31. The quantitative estimate of drug-likeness (QED) is 0.184. The van der Waals surface area contributed by atoms with Crippen LogP contribution in [0, 0.1) is 0 Å². The van der Waals surface area contributed by atoms with Crippen LogP contribution in [0.25, 0.3) is 0 Å². The number of piperidine rings is 1. The molecule has 2 aliphatic carbocycles. The normalized spacial score (nSPS) is 28.2. The number of esters is 3. The molecule has 1 saturated heterocycles. The number of aliphatic carboxylic acids is 2. The fourth-order valence-electron chi connectivity index (χ4n) is 6.84. The summed E-state index contributed by atoms with van der Waals surface area (Å²) >= 11 is 0. The number of ether oxygens (including phenoxy) is 5. The SMILES string of the molecule is COc1ccc2c3c1O[C@H]1C(OC(=O)C[C@H](OC(=O)C[C@H](O)C(=O)O)C(=O)O[C@@H](C)C(=O)O)=CC[C@@]4(O)[C@H](C2)N(C)CC[C@]314. The van der Waals surface area contributed by atoms with Crippen molar-refractivity contribution in [2.75, 3.05) is 20.7 Å². The van der Waals surface area contributed by atoms with Gasteiger partial charge in [0, 0.05) is 18.0 Å². The van der Waals surface area contributed by atoms with E-state index in [1.165, 1.54) is 7.11 Å². The molecule has 238 valence electrons. The highest BCUT2D eigenvalue weighted by molar-refractivity contribution is 5.87. The van der Waals surface area contributed by atoms with Crippen LogP contribution in [0.4, 0.5) is 0 Å². The first-order valence-corrected chi connectivity index (χ1v) is 14.0. The summed E-state index contributed by atoms with van der Waals surface area (Å²) in [6.45, 7) is 1.66. The van der Waals surface area contributed by atoms with Crippen LogP contribution in [0.5, 0.6) is 11.5 Å². The molecule has 7 atom stereocenters. The van der Waals surface area contributed by atoms with E-state index in [1.54, 1.807) is 12.1 Å². The Morgan fingerprint density at radius 1 is 1.09 bits per heavy atom. The van der Waals surface area contributed by atoms with Crippen LogP contribution >= 0.6 is 0 Å². The maximum absolute atomic E-state index is 13.2. The molecule has 15 nitrogen and oxygen atoms in total. The third-order valence-corrected chi connectivity index (χ3v) is 8.96. The van der Waals surface area contributed by atoms with E-state index in [2.05, 4.69) is 4.90 Å². The molecule has 1 aromatic carbocycles. The standard InChI is InChI=1S/C29H33NO14/c1-13(25(34)35)41-27(38)18(43-20(32)11-15(31)26(36)37)12-21(33)42-17-6-7-29(39)19-10-14-4-5-16(40-3)23-22(14)28(29,24(17)44-23)8-9-30(19)2/h4-6,13,15,18-19,24,31,39H,7-12H2,1-3H3,(H,34,35)(H,36,37)/t13-,15-,18-,19-,24-,28-,29+/m0/s1. The van der Waals surface area contributed by atoms with Crippen LogP contribution in [0.3, 0.4) is 0 Å². The van der Waals surface area contributed by atoms with E-state index in [4.69, 9.17) is 33.9 Å². The topological polar surface area (TPSA) is 216 Å². The number of rotatable bonds is 11. The molecule has 1 fully saturated rings. The molecule has 0 amide bonds. The van der Waals surface area contributed by atoms with Crippen molar-refractivity contribution in [1.82, 2.24) is 4.90 Å². The van der Waals surface area contributed by atoms with Crippen molar-refractivity contribution >= 4 is 29.8 Å². The Labute approximate surface area is 250 Å². The molecule has 2 bridgehead atoms. The van der Waals surface area contributed by atoms with E-state index in [1.807, 2.05) is 13.1 Å². The van der Waals surface area contributed by atoms with Gasteiger partial charge in [0.2, 0.25) is 6.10 Å². The number of nitrogens with zero attached hydrogens (tertiary/aromatic N) is 1. The van der Waals surface area contributed by atoms with Crippen molar-refractivity contribution in [2.24, 2.45) is 0 Å². The summed E-state index contributed by atoms with van der Waals surface area (Å²) < 4.78 is 27.3. The van der Waals surface area contributed by atoms with Crippen molar-refractivity contribution < 1.29 is 68.1 Å². The maximum atomic E-state index is 13.2. The Hall–Kier alpha value is -4.21. The molecule has 5 rings (SSSR count). The molecule has 44 heavy (non-hydrogen) atoms. The highest BCUT2D eigenvalue weighted by Crippen LogP contribution is 2.65. The number of likely N-dealkylation sites (N-methyl/N-ethyl adjacent to an activating group) is 1. The molecule has 4 N–H and O–H groups in total. The molecular weight excluding hydrogens is 586 g/mol. The number of aliphatic hydroxyl groups excluding tert-OH is 1. The van der Waals surface area contributed by atoms with Crippen LogP contribution in [0.2, 0.25) is 0 Å². The lowest BCUT2D eigenvalue weighted by Gasteiger charge is -2.61. The van der Waals surface area contributed by atoms with E-state index in [-0.39, 0.29) is 18.2 Å². The summed E-state index contributed by atoms with van der Waals surface area (Å²) in [7, 11) is 3.43. The van der Waals surface area contributed by atoms with Crippen LogP contribution in [0.1, 0.15) is 43.7 Å². The minimum atomic E-state index is -2.15. The highest BCUT2D eigenvalue weighted by atomic mass is 16.6. The molecule has 0 saturated carbocycles. The third kappa shape index (κ3) is 4.94. The average molecular weight is 620 g/mol. The van der Waals surface area contributed by atoms with Gasteiger partial charge in [0.05, 0.1) is 31.0 Å². The van der Waals surface area contributed by atoms with Crippen LogP contribution in [0.15, 0.2) is 24.0 Å². The molecule has 1 aromatic rings. The van der Waals surface area contributed by atoms with Gasteiger partial charge in [-0.3, -0.25) is 9.59 Å². The number of carbonyl (C=O) groups excluding carboxylic acids is 3. The van der Waals surface area contributed by atoms with Gasteiger partial charge in [-0.25, -0.2) is 14.4 Å². The number of hydrogen-bond acceptors (Lipinski definition) is 13. The van der Waals surface area contributed by atoms with E-state index in [0.717, 1.165) is 18.1 Å². The summed E-state index contributed by atoms with van der Waals surface area (Å²) in [5.41, 5.74) is -0.487. The Bertz CT molecular complexity index is 1440. The van der Waals surface area contributed by atoms with Crippen molar-refractivity contribution in [3.63, 3.8) is 0 Å². The van der Waals surface area contributed by atoms with Crippen LogP contribution in [-0.4, -0.2) is 112 Å². The Morgan fingerprint density at radius 3 is 2.48 bits per heavy atom. The van der Waals surface area contributed by atoms with Gasteiger partial charge in [0.1, 0.15) is 5.76 Å². The van der Waals surface area contributed by atoms with E-state index < -0.39 is 78.1 Å². The van der Waals surface area contributed by atoms with E-state index in [9.17, 15) is 34.2 Å². The summed E-state index contributed by atoms with van der Waals surface area (Å²) in [6, 6.07) is 3.46.